The van der Waals surface area contributed by atoms with Crippen LogP contribution in [0.4, 0.5) is 0 Å². The van der Waals surface area contributed by atoms with E-state index >= 15 is 0 Å². The number of hydrogen-bond donors (Lipinski definition) is 2. The molecule has 1 aliphatic heterocycles. The number of nitrogens with one attached hydrogen (secondary N) is 2. The molecule has 0 atom stereocenters. The maximum absolute atomic E-state index is 4.08. The normalized spacial score (nSPS) is 18.8. The second kappa shape index (κ2) is 6.67. The molecule has 2 aromatic rings. The summed E-state index contributed by atoms with van der Waals surface area (Å²) in [5.41, 5.74) is 2.42. The third-order valence-electron chi connectivity index (χ3n) is 3.79. The van der Waals surface area contributed by atoms with Crippen LogP contribution in [0.15, 0.2) is 25.0 Å². The quantitative estimate of drug-likeness (QED) is 0.880. The van der Waals surface area contributed by atoms with Crippen molar-refractivity contribution in [1.82, 2.24) is 29.7 Å². The average Bonchev–Trinajstić information content (AvgIpc) is 3.08. The molecule has 1 aliphatic rings. The Hall–Kier alpha value is -1.66. The predicted octanol–water partition coefficient (Wildman–Crippen LogP) is 1.23. The molecule has 108 valence electrons. The van der Waals surface area contributed by atoms with Gasteiger partial charge >= 0.3 is 0 Å². The fraction of sp³-hybridized carbons (Fsp3) is 0.571. The lowest BCUT2D eigenvalue weighted by atomic mass is 10.2. The summed E-state index contributed by atoms with van der Waals surface area (Å²) in [4.78, 5) is 19.6. The Morgan fingerprint density at radius 2 is 1.25 bits per heavy atom. The first kappa shape index (κ1) is 13.3. The molecule has 0 spiro atoms. The number of imidazole rings is 2. The molecule has 2 N–H and O–H groups in total. The van der Waals surface area contributed by atoms with Crippen LogP contribution in [0.5, 0.6) is 0 Å². The van der Waals surface area contributed by atoms with E-state index < -0.39 is 0 Å². The molecule has 1 saturated heterocycles. The van der Waals surface area contributed by atoms with Crippen LogP contribution in [0.3, 0.4) is 0 Å². The van der Waals surface area contributed by atoms with Gasteiger partial charge in [-0.05, 0) is 39.0 Å². The Bertz CT molecular complexity index is 424. The van der Waals surface area contributed by atoms with Gasteiger partial charge in [0.25, 0.3) is 0 Å². The van der Waals surface area contributed by atoms with Crippen molar-refractivity contribution in [2.24, 2.45) is 0 Å². The van der Waals surface area contributed by atoms with Crippen LogP contribution in [0.2, 0.25) is 0 Å². The highest BCUT2D eigenvalue weighted by Crippen LogP contribution is 2.09. The molecule has 1 fully saturated rings. The minimum atomic E-state index is 0.987. The molecule has 3 rings (SSSR count). The van der Waals surface area contributed by atoms with Crippen LogP contribution in [0.1, 0.15) is 24.2 Å². The zero-order valence-corrected chi connectivity index (χ0v) is 11.8. The van der Waals surface area contributed by atoms with Gasteiger partial charge in [0.1, 0.15) is 0 Å². The van der Waals surface area contributed by atoms with Gasteiger partial charge in [-0.15, -0.1) is 0 Å². The summed E-state index contributed by atoms with van der Waals surface area (Å²) in [7, 11) is 0. The van der Waals surface area contributed by atoms with Crippen molar-refractivity contribution in [3.05, 3.63) is 36.4 Å². The van der Waals surface area contributed by atoms with Crippen molar-refractivity contribution >= 4 is 0 Å². The lowest BCUT2D eigenvalue weighted by molar-refractivity contribution is 0.170. The van der Waals surface area contributed by atoms with Crippen molar-refractivity contribution < 1.29 is 0 Å². The summed E-state index contributed by atoms with van der Waals surface area (Å²) in [5.74, 6) is 0. The number of aromatic nitrogens is 4. The molecule has 0 radical (unpaired) electrons. The molecule has 0 unspecified atom stereocenters. The minimum absolute atomic E-state index is 0.987. The van der Waals surface area contributed by atoms with Gasteiger partial charge in [0.05, 0.1) is 12.7 Å². The van der Waals surface area contributed by atoms with Crippen molar-refractivity contribution in [2.75, 3.05) is 26.2 Å². The van der Waals surface area contributed by atoms with Gasteiger partial charge in [0.15, 0.2) is 0 Å². The Morgan fingerprint density at radius 3 is 1.60 bits per heavy atom. The number of hydrogen-bond acceptors (Lipinski definition) is 4. The van der Waals surface area contributed by atoms with Crippen LogP contribution in [0, 0.1) is 0 Å². The first-order valence-electron chi connectivity index (χ1n) is 7.29. The van der Waals surface area contributed by atoms with E-state index in [0.717, 1.165) is 39.3 Å². The van der Waals surface area contributed by atoms with E-state index in [9.17, 15) is 0 Å². The summed E-state index contributed by atoms with van der Waals surface area (Å²) in [6.07, 6.45) is 9.77. The molecular formula is C14H22N6. The Morgan fingerprint density at radius 1 is 0.800 bits per heavy atom. The van der Waals surface area contributed by atoms with Gasteiger partial charge in [0.2, 0.25) is 0 Å². The van der Waals surface area contributed by atoms with Crippen LogP contribution in [-0.4, -0.2) is 55.9 Å². The van der Waals surface area contributed by atoms with E-state index in [1.54, 1.807) is 12.7 Å². The number of aromatic amines is 2. The van der Waals surface area contributed by atoms with E-state index in [1.807, 2.05) is 12.4 Å². The molecular weight excluding hydrogens is 252 g/mol. The monoisotopic (exact) mass is 274 g/mol. The Balaban J connectivity index is 1.46. The lowest BCUT2D eigenvalue weighted by Crippen LogP contribution is -2.36. The highest BCUT2D eigenvalue weighted by molar-refractivity contribution is 4.95. The predicted molar refractivity (Wildman–Crippen MR) is 77.0 cm³/mol. The molecule has 6 heteroatoms. The number of H-pyrrole nitrogens is 2. The van der Waals surface area contributed by atoms with E-state index in [0.29, 0.717) is 0 Å². The number of nitrogens with zero attached hydrogens (tertiary/aromatic N) is 4. The zero-order valence-electron chi connectivity index (χ0n) is 11.8. The van der Waals surface area contributed by atoms with E-state index in [4.69, 9.17) is 0 Å². The maximum atomic E-state index is 4.08. The fourth-order valence-corrected chi connectivity index (χ4v) is 2.80. The summed E-state index contributed by atoms with van der Waals surface area (Å²) >= 11 is 0. The molecule has 0 aliphatic carbocycles. The fourth-order valence-electron chi connectivity index (χ4n) is 2.80. The average molecular weight is 274 g/mol. The smallest absolute Gasteiger partial charge is 0.0922 e. The van der Waals surface area contributed by atoms with Gasteiger partial charge < -0.3 is 9.97 Å². The standard InChI is InChI=1S/C14H22N6/c1-3-19(9-13-7-15-11-17-13)5-2-6-20(4-1)10-14-8-16-12-18-14/h7-8,11-12H,1-6,9-10H2,(H,15,17)(H,16,18). The topological polar surface area (TPSA) is 63.8 Å². The second-order valence-corrected chi connectivity index (χ2v) is 5.41. The van der Waals surface area contributed by atoms with E-state index in [-0.39, 0.29) is 0 Å². The van der Waals surface area contributed by atoms with Gasteiger partial charge in [-0.3, -0.25) is 9.80 Å². The van der Waals surface area contributed by atoms with Gasteiger partial charge in [-0.25, -0.2) is 9.97 Å². The summed E-state index contributed by atoms with van der Waals surface area (Å²) in [6.45, 7) is 6.58. The largest absolute Gasteiger partial charge is 0.347 e. The molecule has 0 bridgehead atoms. The van der Waals surface area contributed by atoms with E-state index in [1.165, 1.54) is 24.2 Å². The Kier molecular flexibility index (Phi) is 4.45. The van der Waals surface area contributed by atoms with Crippen LogP contribution < -0.4 is 0 Å². The van der Waals surface area contributed by atoms with Crippen molar-refractivity contribution in [1.29, 1.82) is 0 Å². The Labute approximate surface area is 119 Å². The molecule has 6 nitrogen and oxygen atoms in total. The van der Waals surface area contributed by atoms with E-state index in [2.05, 4.69) is 29.7 Å². The van der Waals surface area contributed by atoms with Gasteiger partial charge in [-0.2, -0.15) is 0 Å². The molecule has 3 heterocycles. The van der Waals surface area contributed by atoms with Gasteiger partial charge in [-0.1, -0.05) is 0 Å². The van der Waals surface area contributed by atoms with Crippen molar-refractivity contribution in [2.45, 2.75) is 25.9 Å². The van der Waals surface area contributed by atoms with Crippen molar-refractivity contribution in [3.63, 3.8) is 0 Å². The zero-order chi connectivity index (χ0) is 13.6. The summed E-state index contributed by atoms with van der Waals surface area (Å²) in [6, 6.07) is 0. The molecule has 0 aromatic carbocycles. The van der Waals surface area contributed by atoms with Gasteiger partial charge in [0, 0.05) is 36.9 Å². The molecule has 20 heavy (non-hydrogen) atoms. The summed E-state index contributed by atoms with van der Waals surface area (Å²) < 4.78 is 0. The lowest BCUT2D eigenvalue weighted by Gasteiger charge is -2.29. The molecule has 2 aromatic heterocycles. The SMILES string of the molecule is c1ncc(CN2CCCN(Cc3cnc[nH]3)CCC2)[nH]1. The first-order chi connectivity index (χ1) is 9.90. The van der Waals surface area contributed by atoms with Crippen LogP contribution in [0.25, 0.3) is 0 Å². The molecule has 0 amide bonds. The maximum Gasteiger partial charge on any atom is 0.0922 e. The second-order valence-electron chi connectivity index (χ2n) is 5.41. The highest BCUT2D eigenvalue weighted by atomic mass is 15.2. The third-order valence-corrected chi connectivity index (χ3v) is 3.79. The highest BCUT2D eigenvalue weighted by Gasteiger charge is 2.14. The van der Waals surface area contributed by atoms with Crippen LogP contribution >= 0.6 is 0 Å². The summed E-state index contributed by atoms with van der Waals surface area (Å²) in [5, 5.41) is 0. The minimum Gasteiger partial charge on any atom is -0.347 e. The van der Waals surface area contributed by atoms with Crippen LogP contribution in [-0.2, 0) is 13.1 Å². The van der Waals surface area contributed by atoms with Crippen molar-refractivity contribution in [3.8, 4) is 0 Å². The third kappa shape index (κ3) is 3.68. The number of rotatable bonds is 4. The first-order valence-corrected chi connectivity index (χ1v) is 7.29. The molecule has 0 saturated carbocycles.